The number of rotatable bonds is 8. The van der Waals surface area contributed by atoms with Crippen LogP contribution in [-0.2, 0) is 17.8 Å². The zero-order valence-corrected chi connectivity index (χ0v) is 15.5. The monoisotopic (exact) mass is 370 g/mol. The molecule has 144 valence electrons. The van der Waals surface area contributed by atoms with E-state index in [4.69, 9.17) is 0 Å². The molecule has 1 aliphatic heterocycles. The van der Waals surface area contributed by atoms with Gasteiger partial charge in [0.05, 0.1) is 0 Å². The lowest BCUT2D eigenvalue weighted by Crippen LogP contribution is -2.58. The van der Waals surface area contributed by atoms with Crippen molar-refractivity contribution in [3.63, 3.8) is 0 Å². The van der Waals surface area contributed by atoms with E-state index in [0.717, 1.165) is 24.8 Å². The molecule has 0 bridgehead atoms. The molecule has 4 nitrogen and oxygen atoms in total. The van der Waals surface area contributed by atoms with Crippen molar-refractivity contribution in [3.05, 3.63) is 71.5 Å². The Morgan fingerprint density at radius 1 is 1.11 bits per heavy atom. The Kier molecular flexibility index (Phi) is 6.58. The molecule has 1 fully saturated rings. The Bertz CT molecular complexity index is 753. The summed E-state index contributed by atoms with van der Waals surface area (Å²) in [7, 11) is 0. The van der Waals surface area contributed by atoms with Crippen LogP contribution in [0, 0.1) is 5.82 Å². The number of carbonyl (C=O) groups excluding carboxylic acids is 1. The van der Waals surface area contributed by atoms with Crippen molar-refractivity contribution in [1.82, 2.24) is 10.2 Å². The van der Waals surface area contributed by atoms with Crippen molar-refractivity contribution in [2.24, 2.45) is 0 Å². The van der Waals surface area contributed by atoms with Gasteiger partial charge in [-0.05, 0) is 48.9 Å². The molecule has 2 aromatic carbocycles. The van der Waals surface area contributed by atoms with Crippen molar-refractivity contribution < 1.29 is 14.3 Å². The van der Waals surface area contributed by atoms with Crippen molar-refractivity contribution in [2.45, 2.75) is 37.8 Å². The predicted molar refractivity (Wildman–Crippen MR) is 104 cm³/mol. The van der Waals surface area contributed by atoms with E-state index in [2.05, 4.69) is 17.4 Å². The summed E-state index contributed by atoms with van der Waals surface area (Å²) in [6.45, 7) is 1.94. The molecule has 1 saturated heterocycles. The van der Waals surface area contributed by atoms with E-state index >= 15 is 0 Å². The first-order valence-electron chi connectivity index (χ1n) is 9.58. The molecule has 1 aliphatic rings. The highest BCUT2D eigenvalue weighted by molar-refractivity contribution is 5.86. The fraction of sp³-hybridized carbons (Fsp3) is 0.409. The second-order valence-electron chi connectivity index (χ2n) is 7.25. The third-order valence-electron chi connectivity index (χ3n) is 5.08. The van der Waals surface area contributed by atoms with E-state index in [9.17, 15) is 14.3 Å². The zero-order chi connectivity index (χ0) is 19.1. The van der Waals surface area contributed by atoms with Crippen LogP contribution < -0.4 is 5.32 Å². The first-order chi connectivity index (χ1) is 13.1. The summed E-state index contributed by atoms with van der Waals surface area (Å²) in [6, 6.07) is 16.5. The topological polar surface area (TPSA) is 52.6 Å². The Hall–Kier alpha value is -2.24. The molecule has 2 aromatic rings. The van der Waals surface area contributed by atoms with Crippen LogP contribution in [0.25, 0.3) is 0 Å². The molecule has 0 radical (unpaired) electrons. The number of piperidine rings is 1. The predicted octanol–water partition coefficient (Wildman–Crippen LogP) is 2.90. The minimum absolute atomic E-state index is 0.178. The SMILES string of the molecule is O=C1N(CCCc2ccccc2)CCC[C@]1(O)CNCc1cccc(F)c1. The van der Waals surface area contributed by atoms with Gasteiger partial charge in [0.1, 0.15) is 5.82 Å². The van der Waals surface area contributed by atoms with Crippen LogP contribution in [0.3, 0.4) is 0 Å². The second kappa shape index (κ2) is 9.11. The molecule has 0 spiro atoms. The average molecular weight is 370 g/mol. The molecule has 0 aliphatic carbocycles. The number of halogens is 1. The quantitative estimate of drug-likeness (QED) is 0.751. The number of hydrogen-bond acceptors (Lipinski definition) is 3. The fourth-order valence-corrected chi connectivity index (χ4v) is 3.62. The second-order valence-corrected chi connectivity index (χ2v) is 7.25. The Morgan fingerprint density at radius 2 is 1.89 bits per heavy atom. The lowest BCUT2D eigenvalue weighted by molar-refractivity contribution is -0.156. The van der Waals surface area contributed by atoms with Crippen LogP contribution in [0.1, 0.15) is 30.4 Å². The maximum atomic E-state index is 13.2. The lowest BCUT2D eigenvalue weighted by Gasteiger charge is -2.38. The summed E-state index contributed by atoms with van der Waals surface area (Å²) in [5, 5.41) is 13.9. The highest BCUT2D eigenvalue weighted by Crippen LogP contribution is 2.23. The number of nitrogens with one attached hydrogen (secondary N) is 1. The molecule has 27 heavy (non-hydrogen) atoms. The molecule has 3 rings (SSSR count). The number of aliphatic hydroxyl groups is 1. The highest BCUT2D eigenvalue weighted by Gasteiger charge is 2.41. The van der Waals surface area contributed by atoms with Crippen LogP contribution in [0.2, 0.25) is 0 Å². The first kappa shape index (κ1) is 19.5. The normalized spacial score (nSPS) is 20.1. The number of nitrogens with zero attached hydrogens (tertiary/aromatic N) is 1. The molecule has 1 heterocycles. The molecule has 0 aromatic heterocycles. The molecule has 5 heteroatoms. The zero-order valence-electron chi connectivity index (χ0n) is 15.5. The number of benzene rings is 2. The third-order valence-corrected chi connectivity index (χ3v) is 5.08. The van der Waals surface area contributed by atoms with E-state index in [-0.39, 0.29) is 18.3 Å². The maximum Gasteiger partial charge on any atom is 0.255 e. The van der Waals surface area contributed by atoms with E-state index in [1.807, 2.05) is 24.3 Å². The molecule has 1 atom stereocenters. The Morgan fingerprint density at radius 3 is 2.67 bits per heavy atom. The Labute approximate surface area is 160 Å². The molecule has 2 N–H and O–H groups in total. The van der Waals surface area contributed by atoms with Gasteiger partial charge >= 0.3 is 0 Å². The lowest BCUT2D eigenvalue weighted by atomic mass is 9.91. The van der Waals surface area contributed by atoms with Gasteiger partial charge in [0, 0.05) is 26.2 Å². The molecular weight excluding hydrogens is 343 g/mol. The van der Waals surface area contributed by atoms with Crippen LogP contribution in [0.5, 0.6) is 0 Å². The van der Waals surface area contributed by atoms with Crippen LogP contribution >= 0.6 is 0 Å². The molecule has 0 saturated carbocycles. The Balaban J connectivity index is 1.48. The van der Waals surface area contributed by atoms with Crippen molar-refractivity contribution in [1.29, 1.82) is 0 Å². The van der Waals surface area contributed by atoms with Crippen molar-refractivity contribution in [2.75, 3.05) is 19.6 Å². The summed E-state index contributed by atoms with van der Waals surface area (Å²) in [6.07, 6.45) is 3.04. The number of hydrogen-bond donors (Lipinski definition) is 2. The maximum absolute atomic E-state index is 13.2. The number of aryl methyl sites for hydroxylation is 1. The van der Waals surface area contributed by atoms with E-state index in [1.165, 1.54) is 17.7 Å². The molecular formula is C22H27FN2O2. The van der Waals surface area contributed by atoms with Gasteiger partial charge in [-0.15, -0.1) is 0 Å². The van der Waals surface area contributed by atoms with E-state index in [1.54, 1.807) is 11.0 Å². The molecule has 1 amide bonds. The number of carbonyl (C=O) groups is 1. The van der Waals surface area contributed by atoms with Crippen LogP contribution in [0.15, 0.2) is 54.6 Å². The summed E-state index contributed by atoms with van der Waals surface area (Å²) >= 11 is 0. The van der Waals surface area contributed by atoms with E-state index < -0.39 is 5.60 Å². The van der Waals surface area contributed by atoms with Gasteiger partial charge in [0.15, 0.2) is 5.60 Å². The van der Waals surface area contributed by atoms with Gasteiger partial charge in [-0.1, -0.05) is 42.5 Å². The van der Waals surface area contributed by atoms with Gasteiger partial charge in [0.2, 0.25) is 0 Å². The van der Waals surface area contributed by atoms with Gasteiger partial charge < -0.3 is 15.3 Å². The highest BCUT2D eigenvalue weighted by atomic mass is 19.1. The van der Waals surface area contributed by atoms with Crippen LogP contribution in [-0.4, -0.2) is 41.1 Å². The molecule has 0 unspecified atom stereocenters. The van der Waals surface area contributed by atoms with Gasteiger partial charge in [0.25, 0.3) is 5.91 Å². The third kappa shape index (κ3) is 5.37. The number of likely N-dealkylation sites (tertiary alicyclic amines) is 1. The minimum Gasteiger partial charge on any atom is -0.379 e. The smallest absolute Gasteiger partial charge is 0.255 e. The van der Waals surface area contributed by atoms with Gasteiger partial charge in [-0.25, -0.2) is 4.39 Å². The fourth-order valence-electron chi connectivity index (χ4n) is 3.62. The first-order valence-corrected chi connectivity index (χ1v) is 9.58. The minimum atomic E-state index is -1.38. The van der Waals surface area contributed by atoms with E-state index in [0.29, 0.717) is 26.1 Å². The summed E-state index contributed by atoms with van der Waals surface area (Å²) < 4.78 is 13.2. The van der Waals surface area contributed by atoms with Crippen molar-refractivity contribution >= 4 is 5.91 Å². The standard InChI is InChI=1S/C22H27FN2O2/c23-20-11-4-9-19(15-20)16-24-17-22(27)12-6-14-25(21(22)26)13-5-10-18-7-2-1-3-8-18/h1-4,7-9,11,15,24,27H,5-6,10,12-14,16-17H2/t22-/m0/s1. The largest absolute Gasteiger partial charge is 0.379 e. The summed E-state index contributed by atoms with van der Waals surface area (Å²) in [4.78, 5) is 14.5. The average Bonchev–Trinajstić information content (AvgIpc) is 2.66. The van der Waals surface area contributed by atoms with Crippen LogP contribution in [0.4, 0.5) is 4.39 Å². The summed E-state index contributed by atoms with van der Waals surface area (Å²) in [5.41, 5.74) is 0.675. The van der Waals surface area contributed by atoms with Gasteiger partial charge in [-0.3, -0.25) is 4.79 Å². The summed E-state index contributed by atoms with van der Waals surface area (Å²) in [5.74, 6) is -0.486. The van der Waals surface area contributed by atoms with Gasteiger partial charge in [-0.2, -0.15) is 0 Å². The van der Waals surface area contributed by atoms with Crippen molar-refractivity contribution in [3.8, 4) is 0 Å². The number of amides is 1.